The van der Waals surface area contributed by atoms with Gasteiger partial charge in [-0.25, -0.2) is 9.97 Å². The highest BCUT2D eigenvalue weighted by Gasteiger charge is 2.10. The normalized spacial score (nSPS) is 10.2. The number of hydrogen-bond donors (Lipinski definition) is 2. The summed E-state index contributed by atoms with van der Waals surface area (Å²) in [6, 6.07) is 8.78. The number of benzene rings is 1. The molecule has 0 radical (unpaired) electrons. The Kier molecular flexibility index (Phi) is 4.37. The topological polar surface area (TPSA) is 102 Å². The van der Waals surface area contributed by atoms with Crippen LogP contribution in [0.15, 0.2) is 47.2 Å². The highest BCUT2D eigenvalue weighted by Crippen LogP contribution is 2.17. The van der Waals surface area contributed by atoms with Gasteiger partial charge in [0, 0.05) is 17.8 Å². The first-order valence-electron chi connectivity index (χ1n) is 7.12. The minimum absolute atomic E-state index is 0.194. The second-order valence-electron chi connectivity index (χ2n) is 4.92. The molecule has 0 spiro atoms. The number of aromatic nitrogens is 3. The summed E-state index contributed by atoms with van der Waals surface area (Å²) in [6.07, 6.45) is 2.83. The number of ether oxygens (including phenoxy) is 1. The van der Waals surface area contributed by atoms with Crippen molar-refractivity contribution in [2.45, 2.75) is 6.92 Å². The molecule has 8 nitrogen and oxygen atoms in total. The molecular weight excluding hydrogens is 310 g/mol. The molecule has 0 saturated carbocycles. The first-order valence-corrected chi connectivity index (χ1v) is 7.12. The van der Waals surface area contributed by atoms with E-state index in [0.717, 1.165) is 0 Å². The summed E-state index contributed by atoms with van der Waals surface area (Å²) in [5.74, 6) is 1.96. The van der Waals surface area contributed by atoms with Gasteiger partial charge in [-0.3, -0.25) is 4.79 Å². The van der Waals surface area contributed by atoms with Gasteiger partial charge < -0.3 is 19.9 Å². The van der Waals surface area contributed by atoms with E-state index in [1.807, 2.05) is 0 Å². The standard InChI is InChI=1S/C16H15N5O3/c1-10-6-14(21-24-10)20-15-9-17-13(8-18-15)16(22)19-11-4-3-5-12(7-11)23-2/h3-9H,1-2H3,(H,19,22)(H,18,20,21). The molecule has 3 aromatic rings. The van der Waals surface area contributed by atoms with Crippen LogP contribution in [0.4, 0.5) is 17.3 Å². The van der Waals surface area contributed by atoms with Crippen molar-refractivity contribution in [1.29, 1.82) is 0 Å². The summed E-state index contributed by atoms with van der Waals surface area (Å²) in [5, 5.41) is 9.46. The largest absolute Gasteiger partial charge is 0.497 e. The van der Waals surface area contributed by atoms with Gasteiger partial charge in [0.05, 0.1) is 19.5 Å². The molecule has 1 amide bonds. The fraction of sp³-hybridized carbons (Fsp3) is 0.125. The molecule has 122 valence electrons. The van der Waals surface area contributed by atoms with Crippen molar-refractivity contribution in [3.8, 4) is 5.75 Å². The molecule has 0 saturated heterocycles. The maximum atomic E-state index is 12.2. The number of methoxy groups -OCH3 is 1. The molecule has 0 aliphatic rings. The molecule has 1 aromatic carbocycles. The minimum atomic E-state index is -0.361. The highest BCUT2D eigenvalue weighted by atomic mass is 16.5. The molecule has 2 N–H and O–H groups in total. The Morgan fingerprint density at radius 1 is 1.17 bits per heavy atom. The van der Waals surface area contributed by atoms with E-state index in [1.54, 1.807) is 44.4 Å². The van der Waals surface area contributed by atoms with Crippen molar-refractivity contribution in [3.63, 3.8) is 0 Å². The fourth-order valence-corrected chi connectivity index (χ4v) is 1.96. The zero-order valence-electron chi connectivity index (χ0n) is 13.1. The van der Waals surface area contributed by atoms with E-state index in [9.17, 15) is 4.79 Å². The van der Waals surface area contributed by atoms with Gasteiger partial charge in [-0.2, -0.15) is 0 Å². The molecule has 8 heteroatoms. The van der Waals surface area contributed by atoms with E-state index < -0.39 is 0 Å². The molecule has 0 unspecified atom stereocenters. The third-order valence-corrected chi connectivity index (χ3v) is 3.10. The Hall–Kier alpha value is -3.42. The Balaban J connectivity index is 1.67. The third kappa shape index (κ3) is 3.67. The van der Waals surface area contributed by atoms with E-state index in [-0.39, 0.29) is 11.6 Å². The van der Waals surface area contributed by atoms with Crippen molar-refractivity contribution in [2.75, 3.05) is 17.7 Å². The Bertz CT molecular complexity index is 845. The quantitative estimate of drug-likeness (QED) is 0.743. The van der Waals surface area contributed by atoms with Crippen LogP contribution in [0, 0.1) is 6.92 Å². The van der Waals surface area contributed by atoms with Gasteiger partial charge in [-0.15, -0.1) is 0 Å². The van der Waals surface area contributed by atoms with Crippen LogP contribution in [-0.4, -0.2) is 28.1 Å². The predicted molar refractivity (Wildman–Crippen MR) is 87.5 cm³/mol. The van der Waals surface area contributed by atoms with Crippen LogP contribution in [0.5, 0.6) is 5.75 Å². The van der Waals surface area contributed by atoms with Gasteiger partial charge in [0.1, 0.15) is 23.0 Å². The maximum Gasteiger partial charge on any atom is 0.275 e. The highest BCUT2D eigenvalue weighted by molar-refractivity contribution is 6.02. The third-order valence-electron chi connectivity index (χ3n) is 3.10. The second-order valence-corrected chi connectivity index (χ2v) is 4.92. The summed E-state index contributed by atoms with van der Waals surface area (Å²) in [6.45, 7) is 1.79. The lowest BCUT2D eigenvalue weighted by Gasteiger charge is -2.07. The summed E-state index contributed by atoms with van der Waals surface area (Å²) < 4.78 is 10.1. The average Bonchev–Trinajstić information content (AvgIpc) is 3.00. The number of nitrogens with one attached hydrogen (secondary N) is 2. The van der Waals surface area contributed by atoms with Crippen LogP contribution in [0.1, 0.15) is 16.2 Å². The van der Waals surface area contributed by atoms with Gasteiger partial charge in [0.25, 0.3) is 5.91 Å². The number of anilines is 3. The molecule has 0 aliphatic heterocycles. The maximum absolute atomic E-state index is 12.2. The molecule has 2 aromatic heterocycles. The van der Waals surface area contributed by atoms with E-state index in [1.165, 1.54) is 12.4 Å². The average molecular weight is 325 g/mol. The molecule has 0 bridgehead atoms. The van der Waals surface area contributed by atoms with Crippen molar-refractivity contribution in [1.82, 2.24) is 15.1 Å². The van der Waals surface area contributed by atoms with Gasteiger partial charge >= 0.3 is 0 Å². The van der Waals surface area contributed by atoms with Gasteiger partial charge in [-0.1, -0.05) is 11.2 Å². The molecule has 24 heavy (non-hydrogen) atoms. The fourth-order valence-electron chi connectivity index (χ4n) is 1.96. The van der Waals surface area contributed by atoms with Crippen molar-refractivity contribution < 1.29 is 14.1 Å². The summed E-state index contributed by atoms with van der Waals surface area (Å²) >= 11 is 0. The number of amides is 1. The molecule has 2 heterocycles. The van der Waals surface area contributed by atoms with Crippen LogP contribution in [0.3, 0.4) is 0 Å². The molecule has 0 fully saturated rings. The zero-order valence-corrected chi connectivity index (χ0v) is 13.1. The second kappa shape index (κ2) is 6.78. The van der Waals surface area contributed by atoms with Crippen LogP contribution in [0.25, 0.3) is 0 Å². The van der Waals surface area contributed by atoms with E-state index in [2.05, 4.69) is 25.8 Å². The van der Waals surface area contributed by atoms with E-state index >= 15 is 0 Å². The van der Waals surface area contributed by atoms with E-state index in [4.69, 9.17) is 9.26 Å². The van der Waals surface area contributed by atoms with Crippen molar-refractivity contribution in [2.24, 2.45) is 0 Å². The summed E-state index contributed by atoms with van der Waals surface area (Å²) in [7, 11) is 1.56. The smallest absolute Gasteiger partial charge is 0.275 e. The lowest BCUT2D eigenvalue weighted by atomic mass is 10.3. The Morgan fingerprint density at radius 3 is 2.71 bits per heavy atom. The molecule has 3 rings (SSSR count). The van der Waals surface area contributed by atoms with Gasteiger partial charge in [0.15, 0.2) is 5.82 Å². The van der Waals surface area contributed by atoms with Crippen LogP contribution in [-0.2, 0) is 0 Å². The lowest BCUT2D eigenvalue weighted by molar-refractivity contribution is 0.102. The van der Waals surface area contributed by atoms with Crippen LogP contribution in [0.2, 0.25) is 0 Å². The number of carbonyl (C=O) groups excluding carboxylic acids is 1. The minimum Gasteiger partial charge on any atom is -0.497 e. The first-order chi connectivity index (χ1) is 11.6. The van der Waals surface area contributed by atoms with Crippen molar-refractivity contribution in [3.05, 3.63) is 54.2 Å². The number of carbonyl (C=O) groups is 1. The Morgan fingerprint density at radius 2 is 2.04 bits per heavy atom. The molecule has 0 atom stereocenters. The monoisotopic (exact) mass is 325 g/mol. The first kappa shape index (κ1) is 15.5. The summed E-state index contributed by atoms with van der Waals surface area (Å²) in [5.41, 5.74) is 0.807. The van der Waals surface area contributed by atoms with Gasteiger partial charge in [-0.05, 0) is 19.1 Å². The van der Waals surface area contributed by atoms with Crippen LogP contribution < -0.4 is 15.4 Å². The zero-order chi connectivity index (χ0) is 16.9. The Labute approximate surface area is 137 Å². The van der Waals surface area contributed by atoms with Crippen LogP contribution >= 0.6 is 0 Å². The van der Waals surface area contributed by atoms with E-state index in [0.29, 0.717) is 28.8 Å². The molecule has 0 aliphatic carbocycles. The predicted octanol–water partition coefficient (Wildman–Crippen LogP) is 2.78. The SMILES string of the molecule is COc1cccc(NC(=O)c2cnc(Nc3cc(C)on3)cn2)c1. The summed E-state index contributed by atoms with van der Waals surface area (Å²) in [4.78, 5) is 20.4. The molecular formula is C16H15N5O3. The lowest BCUT2D eigenvalue weighted by Crippen LogP contribution is -2.14. The van der Waals surface area contributed by atoms with Crippen molar-refractivity contribution >= 4 is 23.2 Å². The number of nitrogens with zero attached hydrogens (tertiary/aromatic N) is 3. The number of aryl methyl sites for hydroxylation is 1. The van der Waals surface area contributed by atoms with Gasteiger partial charge in [0.2, 0.25) is 0 Å². The number of hydrogen-bond acceptors (Lipinski definition) is 7. The number of rotatable bonds is 5.